The molecule has 0 saturated heterocycles. The van der Waals surface area contributed by atoms with Crippen LogP contribution in [-0.4, -0.2) is 40.5 Å². The van der Waals surface area contributed by atoms with E-state index >= 15 is 0 Å². The molecule has 1 heterocycles. The summed E-state index contributed by atoms with van der Waals surface area (Å²) in [5.41, 5.74) is 10.8. The molecular formula is C12H23N7O. The fourth-order valence-corrected chi connectivity index (χ4v) is 1.73. The Kier molecular flexibility index (Phi) is 6.48. The highest BCUT2D eigenvalue weighted by Crippen LogP contribution is 2.11. The molecule has 0 fully saturated rings. The van der Waals surface area contributed by atoms with Crippen LogP contribution in [0, 0.1) is 0 Å². The minimum Gasteiger partial charge on any atom is -0.370 e. The molecule has 0 radical (unpaired) electrons. The first-order valence-electron chi connectivity index (χ1n) is 6.85. The van der Waals surface area contributed by atoms with E-state index in [1.165, 1.54) is 0 Å². The number of nitrogens with one attached hydrogen (secondary N) is 1. The van der Waals surface area contributed by atoms with E-state index in [4.69, 9.17) is 11.5 Å². The standard InChI is InChI=1S/C12H23N7O/c1-3-19(4-2)12-17-10(14)16-11(18-12)15-8-6-5-7-9(13)20/h3-8H2,1-2H3,(H2,13,20)(H3,14,15,16,17,18). The Balaban J connectivity index is 2.55. The van der Waals surface area contributed by atoms with Crippen molar-refractivity contribution in [3.63, 3.8) is 0 Å². The molecule has 0 bridgehead atoms. The molecule has 0 saturated carbocycles. The molecule has 0 spiro atoms. The molecule has 5 N–H and O–H groups in total. The number of hydrogen-bond acceptors (Lipinski definition) is 7. The molecule has 1 rings (SSSR count). The Bertz CT molecular complexity index is 434. The van der Waals surface area contributed by atoms with Crippen molar-refractivity contribution in [1.29, 1.82) is 0 Å². The van der Waals surface area contributed by atoms with Crippen LogP contribution < -0.4 is 21.7 Å². The number of carbonyl (C=O) groups excluding carboxylic acids is 1. The molecule has 8 nitrogen and oxygen atoms in total. The van der Waals surface area contributed by atoms with Gasteiger partial charge in [-0.3, -0.25) is 4.79 Å². The molecule has 1 aromatic rings. The van der Waals surface area contributed by atoms with Crippen molar-refractivity contribution < 1.29 is 4.79 Å². The van der Waals surface area contributed by atoms with Gasteiger partial charge in [-0.15, -0.1) is 0 Å². The summed E-state index contributed by atoms with van der Waals surface area (Å²) in [5, 5.41) is 3.08. The largest absolute Gasteiger partial charge is 0.370 e. The molecule has 0 aliphatic heterocycles. The number of amides is 1. The maximum atomic E-state index is 10.6. The second kappa shape index (κ2) is 8.13. The summed E-state index contributed by atoms with van der Waals surface area (Å²) in [6, 6.07) is 0. The van der Waals surface area contributed by atoms with Crippen LogP contribution in [0.1, 0.15) is 33.1 Å². The summed E-state index contributed by atoms with van der Waals surface area (Å²) in [6.07, 6.45) is 1.95. The van der Waals surface area contributed by atoms with E-state index in [2.05, 4.69) is 20.3 Å². The molecule has 0 aliphatic carbocycles. The van der Waals surface area contributed by atoms with Crippen LogP contribution in [0.3, 0.4) is 0 Å². The van der Waals surface area contributed by atoms with E-state index in [1.54, 1.807) is 0 Å². The lowest BCUT2D eigenvalue weighted by atomic mass is 10.2. The number of nitrogens with zero attached hydrogens (tertiary/aromatic N) is 4. The number of nitrogens with two attached hydrogens (primary N) is 2. The van der Waals surface area contributed by atoms with Crippen LogP contribution in [0.15, 0.2) is 0 Å². The highest BCUT2D eigenvalue weighted by molar-refractivity contribution is 5.73. The van der Waals surface area contributed by atoms with E-state index in [1.807, 2.05) is 18.7 Å². The Morgan fingerprint density at radius 1 is 1.20 bits per heavy atom. The van der Waals surface area contributed by atoms with Crippen molar-refractivity contribution in [3.05, 3.63) is 0 Å². The van der Waals surface area contributed by atoms with Crippen molar-refractivity contribution in [3.8, 4) is 0 Å². The summed E-state index contributed by atoms with van der Waals surface area (Å²) in [7, 11) is 0. The molecule has 8 heteroatoms. The smallest absolute Gasteiger partial charge is 0.231 e. The predicted molar refractivity (Wildman–Crippen MR) is 79.3 cm³/mol. The monoisotopic (exact) mass is 281 g/mol. The third-order valence-corrected chi connectivity index (χ3v) is 2.82. The first-order chi connectivity index (χ1) is 9.56. The molecule has 0 aromatic carbocycles. The number of carbonyl (C=O) groups is 1. The second-order valence-corrected chi connectivity index (χ2v) is 4.34. The molecule has 112 valence electrons. The molecule has 0 atom stereocenters. The molecular weight excluding hydrogens is 258 g/mol. The first kappa shape index (κ1) is 15.9. The van der Waals surface area contributed by atoms with Gasteiger partial charge >= 0.3 is 0 Å². The summed E-state index contributed by atoms with van der Waals surface area (Å²) in [6.45, 7) is 6.32. The summed E-state index contributed by atoms with van der Waals surface area (Å²) in [5.74, 6) is 0.945. The van der Waals surface area contributed by atoms with Gasteiger partial charge in [-0.1, -0.05) is 0 Å². The maximum Gasteiger partial charge on any atom is 0.231 e. The van der Waals surface area contributed by atoms with Crippen LogP contribution in [0.5, 0.6) is 0 Å². The van der Waals surface area contributed by atoms with Gasteiger partial charge in [0.25, 0.3) is 0 Å². The van der Waals surface area contributed by atoms with Gasteiger partial charge in [0.15, 0.2) is 0 Å². The third kappa shape index (κ3) is 5.25. The highest BCUT2D eigenvalue weighted by Gasteiger charge is 2.09. The summed E-state index contributed by atoms with van der Waals surface area (Å²) >= 11 is 0. The molecule has 1 aromatic heterocycles. The summed E-state index contributed by atoms with van der Waals surface area (Å²) < 4.78 is 0. The first-order valence-corrected chi connectivity index (χ1v) is 6.85. The van der Waals surface area contributed by atoms with Crippen LogP contribution in [0.25, 0.3) is 0 Å². The van der Waals surface area contributed by atoms with Crippen LogP contribution in [0.4, 0.5) is 17.8 Å². The van der Waals surface area contributed by atoms with E-state index in [-0.39, 0.29) is 11.9 Å². The zero-order valence-electron chi connectivity index (χ0n) is 12.1. The van der Waals surface area contributed by atoms with Crippen LogP contribution >= 0.6 is 0 Å². The van der Waals surface area contributed by atoms with Gasteiger partial charge < -0.3 is 21.7 Å². The number of aromatic nitrogens is 3. The molecule has 20 heavy (non-hydrogen) atoms. The van der Waals surface area contributed by atoms with Gasteiger partial charge in [-0.2, -0.15) is 15.0 Å². The Morgan fingerprint density at radius 3 is 2.50 bits per heavy atom. The number of rotatable bonds is 9. The predicted octanol–water partition coefficient (Wildman–Crippen LogP) is 0.368. The van der Waals surface area contributed by atoms with E-state index in [0.29, 0.717) is 24.9 Å². The van der Waals surface area contributed by atoms with Crippen molar-refractivity contribution in [1.82, 2.24) is 15.0 Å². The number of nitrogen functional groups attached to an aromatic ring is 1. The molecule has 0 aliphatic rings. The number of anilines is 3. The lowest BCUT2D eigenvalue weighted by molar-refractivity contribution is -0.118. The van der Waals surface area contributed by atoms with Crippen molar-refractivity contribution in [2.45, 2.75) is 33.1 Å². The fraction of sp³-hybridized carbons (Fsp3) is 0.667. The highest BCUT2D eigenvalue weighted by atomic mass is 16.1. The Morgan fingerprint density at radius 2 is 1.90 bits per heavy atom. The van der Waals surface area contributed by atoms with Gasteiger partial charge in [0, 0.05) is 26.1 Å². The van der Waals surface area contributed by atoms with E-state index < -0.39 is 0 Å². The molecule has 1 amide bonds. The third-order valence-electron chi connectivity index (χ3n) is 2.82. The van der Waals surface area contributed by atoms with Gasteiger partial charge in [0.1, 0.15) is 0 Å². The van der Waals surface area contributed by atoms with Crippen molar-refractivity contribution >= 4 is 23.8 Å². The SMILES string of the molecule is CCN(CC)c1nc(N)nc(NCCCCC(N)=O)n1. The van der Waals surface area contributed by atoms with Gasteiger partial charge in [-0.25, -0.2) is 0 Å². The number of hydrogen-bond donors (Lipinski definition) is 3. The number of primary amides is 1. The lowest BCUT2D eigenvalue weighted by Crippen LogP contribution is -2.25. The van der Waals surface area contributed by atoms with Crippen LogP contribution in [-0.2, 0) is 4.79 Å². The minimum atomic E-state index is -0.279. The quantitative estimate of drug-likeness (QED) is 0.558. The topological polar surface area (TPSA) is 123 Å². The normalized spacial score (nSPS) is 10.3. The lowest BCUT2D eigenvalue weighted by Gasteiger charge is -2.19. The zero-order chi connectivity index (χ0) is 15.0. The number of unbranched alkanes of at least 4 members (excludes halogenated alkanes) is 1. The summed E-state index contributed by atoms with van der Waals surface area (Å²) in [4.78, 5) is 25.1. The minimum absolute atomic E-state index is 0.196. The zero-order valence-corrected chi connectivity index (χ0v) is 12.1. The average Bonchev–Trinajstić information content (AvgIpc) is 2.39. The maximum absolute atomic E-state index is 10.6. The van der Waals surface area contributed by atoms with Crippen molar-refractivity contribution in [2.75, 3.05) is 35.6 Å². The Labute approximate surface area is 119 Å². The molecule has 0 unspecified atom stereocenters. The van der Waals surface area contributed by atoms with Gasteiger partial charge in [0.05, 0.1) is 0 Å². The second-order valence-electron chi connectivity index (χ2n) is 4.34. The average molecular weight is 281 g/mol. The fourth-order valence-electron chi connectivity index (χ4n) is 1.73. The Hall–Kier alpha value is -2.12. The van der Waals surface area contributed by atoms with Gasteiger partial charge in [0.2, 0.25) is 23.8 Å². The van der Waals surface area contributed by atoms with Crippen molar-refractivity contribution in [2.24, 2.45) is 5.73 Å². The van der Waals surface area contributed by atoms with E-state index in [0.717, 1.165) is 25.9 Å². The van der Waals surface area contributed by atoms with Crippen LogP contribution in [0.2, 0.25) is 0 Å². The van der Waals surface area contributed by atoms with E-state index in [9.17, 15) is 4.79 Å². The van der Waals surface area contributed by atoms with Gasteiger partial charge in [-0.05, 0) is 26.7 Å².